The molecule has 0 radical (unpaired) electrons. The van der Waals surface area contributed by atoms with E-state index in [-0.39, 0.29) is 6.42 Å². The summed E-state index contributed by atoms with van der Waals surface area (Å²) in [7, 11) is 0. The number of carboxylic acid groups (broad SMARTS) is 1. The van der Waals surface area contributed by atoms with Crippen molar-refractivity contribution in [3.8, 4) is 0 Å². The molecule has 3 atom stereocenters. The maximum absolute atomic E-state index is 10.4. The van der Waals surface area contributed by atoms with Gasteiger partial charge in [0.1, 0.15) is 0 Å². The minimum Gasteiger partial charge on any atom is -0.481 e. The molecule has 0 aliphatic heterocycles. The molecule has 0 fully saturated rings. The Hall–Kier alpha value is -0.910. The predicted molar refractivity (Wildman–Crippen MR) is 91.3 cm³/mol. The van der Waals surface area contributed by atoms with Crippen LogP contribution >= 0.6 is 0 Å². The van der Waals surface area contributed by atoms with Gasteiger partial charge in [0.05, 0.1) is 18.3 Å². The van der Waals surface area contributed by atoms with Gasteiger partial charge in [-0.3, -0.25) is 4.79 Å². The lowest BCUT2D eigenvalue weighted by Gasteiger charge is -2.15. The highest BCUT2D eigenvalue weighted by Gasteiger charge is 2.13. The largest absolute Gasteiger partial charge is 0.481 e. The van der Waals surface area contributed by atoms with Gasteiger partial charge in [-0.1, -0.05) is 64.0 Å². The molecular formula is C18H34O5. The third kappa shape index (κ3) is 14.4. The molecule has 5 nitrogen and oxygen atoms in total. The molecule has 0 spiro atoms. The van der Waals surface area contributed by atoms with Gasteiger partial charge in [-0.15, -0.1) is 0 Å². The maximum atomic E-state index is 10.4. The van der Waals surface area contributed by atoms with E-state index in [9.17, 15) is 20.1 Å². The van der Waals surface area contributed by atoms with Crippen molar-refractivity contribution in [3.63, 3.8) is 0 Å². The minimum atomic E-state index is -0.942. The Kier molecular flexibility index (Phi) is 14.1. The lowest BCUT2D eigenvalue weighted by atomic mass is 10.0. The number of rotatable bonds is 15. The number of hydrogen-bond donors (Lipinski definition) is 4. The predicted octanol–water partition coefficient (Wildman–Crippen LogP) is 3.02. The Morgan fingerprint density at radius 1 is 0.870 bits per heavy atom. The molecule has 0 amide bonds. The van der Waals surface area contributed by atoms with Crippen LogP contribution in [0.2, 0.25) is 0 Å². The monoisotopic (exact) mass is 330 g/mol. The molecule has 23 heavy (non-hydrogen) atoms. The molecule has 0 bridgehead atoms. The van der Waals surface area contributed by atoms with Crippen LogP contribution in [-0.2, 0) is 4.79 Å². The molecule has 0 heterocycles. The molecule has 0 aromatic heterocycles. The van der Waals surface area contributed by atoms with E-state index in [1.165, 1.54) is 6.08 Å². The standard InChI is InChI=1S/C18H34O5/c1-2-3-7-10-15(19)13-14-17(21)16(20)11-8-5-4-6-9-12-18(22)23/h13-17,19-21H,2-12H2,1H3,(H,22,23)/b14-13+/t15?,16-,17+/m0/s1. The Morgan fingerprint density at radius 3 is 2.13 bits per heavy atom. The number of aliphatic hydroxyl groups is 3. The van der Waals surface area contributed by atoms with Crippen LogP contribution in [0.15, 0.2) is 12.2 Å². The molecule has 5 heteroatoms. The Bertz CT molecular complexity index is 317. The lowest BCUT2D eigenvalue weighted by molar-refractivity contribution is -0.137. The summed E-state index contributed by atoms with van der Waals surface area (Å²) in [5.41, 5.74) is 0. The van der Waals surface area contributed by atoms with Crippen LogP contribution in [0, 0.1) is 0 Å². The van der Waals surface area contributed by atoms with Gasteiger partial charge in [-0.2, -0.15) is 0 Å². The van der Waals surface area contributed by atoms with Crippen LogP contribution in [-0.4, -0.2) is 44.7 Å². The molecule has 0 aromatic carbocycles. The van der Waals surface area contributed by atoms with Crippen molar-refractivity contribution in [1.82, 2.24) is 0 Å². The quantitative estimate of drug-likeness (QED) is 0.273. The van der Waals surface area contributed by atoms with Crippen LogP contribution in [0.3, 0.4) is 0 Å². The van der Waals surface area contributed by atoms with Gasteiger partial charge in [0.15, 0.2) is 0 Å². The van der Waals surface area contributed by atoms with Crippen molar-refractivity contribution in [3.05, 3.63) is 12.2 Å². The highest BCUT2D eigenvalue weighted by Crippen LogP contribution is 2.12. The smallest absolute Gasteiger partial charge is 0.303 e. The third-order valence-electron chi connectivity index (χ3n) is 3.92. The topological polar surface area (TPSA) is 98.0 Å². The summed E-state index contributed by atoms with van der Waals surface area (Å²) >= 11 is 0. The van der Waals surface area contributed by atoms with Gasteiger partial charge < -0.3 is 20.4 Å². The van der Waals surface area contributed by atoms with Gasteiger partial charge in [0, 0.05) is 6.42 Å². The Morgan fingerprint density at radius 2 is 1.48 bits per heavy atom. The summed E-state index contributed by atoms with van der Waals surface area (Å²) in [6, 6.07) is 0. The highest BCUT2D eigenvalue weighted by atomic mass is 16.4. The zero-order valence-electron chi connectivity index (χ0n) is 14.4. The average molecular weight is 330 g/mol. The van der Waals surface area contributed by atoms with Gasteiger partial charge in [-0.05, 0) is 19.3 Å². The van der Waals surface area contributed by atoms with Crippen LogP contribution in [0.5, 0.6) is 0 Å². The first-order valence-corrected chi connectivity index (χ1v) is 8.91. The zero-order valence-corrected chi connectivity index (χ0v) is 14.4. The summed E-state index contributed by atoms with van der Waals surface area (Å²) in [5, 5.41) is 37.9. The molecule has 0 aliphatic rings. The first kappa shape index (κ1) is 22.1. The van der Waals surface area contributed by atoms with E-state index in [4.69, 9.17) is 5.11 Å². The second kappa shape index (κ2) is 14.7. The van der Waals surface area contributed by atoms with E-state index in [0.29, 0.717) is 19.3 Å². The van der Waals surface area contributed by atoms with Gasteiger partial charge >= 0.3 is 5.97 Å². The number of unbranched alkanes of at least 4 members (excludes halogenated alkanes) is 6. The molecule has 0 saturated heterocycles. The highest BCUT2D eigenvalue weighted by molar-refractivity contribution is 5.66. The summed E-state index contributed by atoms with van der Waals surface area (Å²) < 4.78 is 0. The lowest BCUT2D eigenvalue weighted by Crippen LogP contribution is -2.24. The number of carbonyl (C=O) groups is 1. The van der Waals surface area contributed by atoms with E-state index < -0.39 is 24.3 Å². The van der Waals surface area contributed by atoms with Gasteiger partial charge in [0.25, 0.3) is 0 Å². The summed E-state index contributed by atoms with van der Waals surface area (Å²) in [6.07, 6.45) is 9.55. The van der Waals surface area contributed by atoms with Gasteiger partial charge in [-0.25, -0.2) is 0 Å². The first-order chi connectivity index (χ1) is 11.0. The van der Waals surface area contributed by atoms with Crippen molar-refractivity contribution in [2.24, 2.45) is 0 Å². The molecule has 0 saturated carbocycles. The fourth-order valence-corrected chi connectivity index (χ4v) is 2.40. The van der Waals surface area contributed by atoms with Crippen LogP contribution in [0.4, 0.5) is 0 Å². The SMILES string of the molecule is CCCCCC(O)/C=C/[C@@H](O)[C@@H](O)CCCCCCCC(=O)O. The van der Waals surface area contributed by atoms with E-state index in [0.717, 1.165) is 44.9 Å². The summed E-state index contributed by atoms with van der Waals surface area (Å²) in [6.45, 7) is 2.11. The number of aliphatic carboxylic acids is 1. The average Bonchev–Trinajstić information content (AvgIpc) is 2.51. The van der Waals surface area contributed by atoms with Crippen molar-refractivity contribution < 1.29 is 25.2 Å². The summed E-state index contributed by atoms with van der Waals surface area (Å²) in [4.78, 5) is 10.4. The third-order valence-corrected chi connectivity index (χ3v) is 3.92. The first-order valence-electron chi connectivity index (χ1n) is 8.91. The van der Waals surface area contributed by atoms with Crippen LogP contribution < -0.4 is 0 Å². The van der Waals surface area contributed by atoms with Crippen molar-refractivity contribution in [2.75, 3.05) is 0 Å². The van der Waals surface area contributed by atoms with Crippen molar-refractivity contribution in [1.29, 1.82) is 0 Å². The number of aliphatic hydroxyl groups excluding tert-OH is 3. The van der Waals surface area contributed by atoms with E-state index in [1.807, 2.05) is 0 Å². The molecule has 136 valence electrons. The van der Waals surface area contributed by atoms with E-state index >= 15 is 0 Å². The summed E-state index contributed by atoms with van der Waals surface area (Å²) in [5.74, 6) is -0.757. The second-order valence-electron chi connectivity index (χ2n) is 6.21. The maximum Gasteiger partial charge on any atom is 0.303 e. The van der Waals surface area contributed by atoms with Crippen LogP contribution in [0.1, 0.15) is 77.6 Å². The molecule has 0 aliphatic carbocycles. The minimum absolute atomic E-state index is 0.215. The second-order valence-corrected chi connectivity index (χ2v) is 6.21. The van der Waals surface area contributed by atoms with Crippen molar-refractivity contribution >= 4 is 5.97 Å². The van der Waals surface area contributed by atoms with E-state index in [2.05, 4.69) is 6.92 Å². The fourth-order valence-electron chi connectivity index (χ4n) is 2.40. The van der Waals surface area contributed by atoms with E-state index in [1.54, 1.807) is 6.08 Å². The molecule has 0 rings (SSSR count). The Balaban J connectivity index is 3.68. The number of hydrogen-bond acceptors (Lipinski definition) is 4. The molecular weight excluding hydrogens is 296 g/mol. The normalized spacial score (nSPS) is 15.7. The van der Waals surface area contributed by atoms with Gasteiger partial charge in [0.2, 0.25) is 0 Å². The molecule has 0 aromatic rings. The van der Waals surface area contributed by atoms with Crippen molar-refractivity contribution in [2.45, 2.75) is 95.9 Å². The van der Waals surface area contributed by atoms with Crippen LogP contribution in [0.25, 0.3) is 0 Å². The zero-order chi connectivity index (χ0) is 17.5. The fraction of sp³-hybridized carbons (Fsp3) is 0.833. The molecule has 1 unspecified atom stereocenters. The number of carboxylic acids is 1. The Labute approximate surface area is 140 Å². The molecule has 4 N–H and O–H groups in total.